The summed E-state index contributed by atoms with van der Waals surface area (Å²) < 4.78 is 14.8. The number of pyridine rings is 1. The maximum atomic E-state index is 14.8. The van der Waals surface area contributed by atoms with Gasteiger partial charge >= 0.3 is 0 Å². The van der Waals surface area contributed by atoms with E-state index < -0.39 is 6.17 Å². The molecule has 0 amide bonds. The Balaban J connectivity index is 1.42. The van der Waals surface area contributed by atoms with Crippen LogP contribution in [-0.2, 0) is 0 Å². The maximum absolute atomic E-state index is 14.8. The highest BCUT2D eigenvalue weighted by Gasteiger charge is 2.43. The third kappa shape index (κ3) is 2.77. The molecular weight excluding hydrogens is 357 g/mol. The van der Waals surface area contributed by atoms with Crippen LogP contribution in [0.2, 0.25) is 0 Å². The van der Waals surface area contributed by atoms with Gasteiger partial charge in [-0.05, 0) is 31.4 Å². The van der Waals surface area contributed by atoms with Crippen molar-refractivity contribution in [2.45, 2.75) is 43.6 Å². The third-order valence-electron chi connectivity index (χ3n) is 6.07. The van der Waals surface area contributed by atoms with Gasteiger partial charge in [-0.15, -0.1) is 0 Å². The predicted octanol–water partition coefficient (Wildman–Crippen LogP) is 3.06. The Labute approximate surface area is 162 Å². The smallest absolute Gasteiger partial charge is 0.151 e. The van der Waals surface area contributed by atoms with E-state index >= 15 is 0 Å². The van der Waals surface area contributed by atoms with Crippen LogP contribution < -0.4 is 10.2 Å². The van der Waals surface area contributed by atoms with E-state index in [0.29, 0.717) is 28.6 Å². The van der Waals surface area contributed by atoms with Crippen LogP contribution in [-0.4, -0.2) is 51.4 Å². The number of aromatic hydroxyl groups is 1. The average Bonchev–Trinajstić information content (AvgIpc) is 3.14. The van der Waals surface area contributed by atoms with Crippen LogP contribution >= 0.6 is 0 Å². The molecule has 4 heterocycles. The minimum atomic E-state index is -0.916. The monoisotopic (exact) mass is 379 g/mol. The highest BCUT2D eigenvalue weighted by Crippen LogP contribution is 2.35. The number of aromatic nitrogens is 3. The van der Waals surface area contributed by atoms with E-state index in [-0.39, 0.29) is 17.8 Å². The second-order valence-electron chi connectivity index (χ2n) is 7.70. The number of hydrogen-bond acceptors (Lipinski definition) is 6. The van der Waals surface area contributed by atoms with E-state index in [1.807, 2.05) is 36.2 Å². The molecule has 2 N–H and O–H groups in total. The van der Waals surface area contributed by atoms with Crippen LogP contribution in [0, 0.1) is 0 Å². The first-order chi connectivity index (χ1) is 13.6. The van der Waals surface area contributed by atoms with Crippen LogP contribution in [0.4, 0.5) is 10.2 Å². The number of halogens is 1. The summed E-state index contributed by atoms with van der Waals surface area (Å²) in [5.74, 6) is 0.725. The summed E-state index contributed by atoms with van der Waals surface area (Å²) in [4.78, 5) is 15.1. The summed E-state index contributed by atoms with van der Waals surface area (Å²) in [6.45, 7) is 0. The number of alkyl halides is 1. The molecule has 0 saturated carbocycles. The van der Waals surface area contributed by atoms with E-state index in [1.165, 1.54) is 0 Å². The molecule has 0 radical (unpaired) electrons. The molecule has 2 unspecified atom stereocenters. The molecule has 2 fully saturated rings. The molecule has 0 spiro atoms. The highest BCUT2D eigenvalue weighted by atomic mass is 19.1. The van der Waals surface area contributed by atoms with E-state index in [2.05, 4.69) is 20.3 Å². The Morgan fingerprint density at radius 1 is 1.14 bits per heavy atom. The number of benzene rings is 1. The molecule has 4 atom stereocenters. The zero-order valence-electron chi connectivity index (χ0n) is 15.6. The van der Waals surface area contributed by atoms with Crippen molar-refractivity contribution < 1.29 is 9.50 Å². The summed E-state index contributed by atoms with van der Waals surface area (Å²) >= 11 is 0. The fraction of sp³-hybridized carbons (Fsp3) is 0.381. The number of nitrogens with one attached hydrogen (secondary N) is 1. The van der Waals surface area contributed by atoms with Crippen LogP contribution in [0.5, 0.6) is 5.75 Å². The fourth-order valence-corrected chi connectivity index (χ4v) is 4.50. The van der Waals surface area contributed by atoms with Gasteiger partial charge in [0.25, 0.3) is 0 Å². The van der Waals surface area contributed by atoms with Gasteiger partial charge in [0.2, 0.25) is 0 Å². The molecule has 3 aromatic rings. The van der Waals surface area contributed by atoms with Gasteiger partial charge in [-0.1, -0.05) is 12.1 Å². The Morgan fingerprint density at radius 3 is 2.86 bits per heavy atom. The quantitative estimate of drug-likeness (QED) is 0.729. The average molecular weight is 379 g/mol. The number of piperidine rings is 1. The Morgan fingerprint density at radius 2 is 2.04 bits per heavy atom. The molecule has 2 aliphatic heterocycles. The highest BCUT2D eigenvalue weighted by molar-refractivity contribution is 5.91. The van der Waals surface area contributed by atoms with Crippen LogP contribution in [0.25, 0.3) is 22.2 Å². The lowest BCUT2D eigenvalue weighted by atomic mass is 9.96. The first-order valence-corrected chi connectivity index (χ1v) is 9.64. The van der Waals surface area contributed by atoms with Crippen molar-refractivity contribution in [1.82, 2.24) is 20.3 Å². The molecule has 6 nitrogen and oxygen atoms in total. The number of phenols is 1. The lowest BCUT2D eigenvalue weighted by Gasteiger charge is -2.38. The molecule has 144 valence electrons. The van der Waals surface area contributed by atoms with Crippen molar-refractivity contribution in [3.8, 4) is 17.0 Å². The first kappa shape index (κ1) is 17.3. The van der Waals surface area contributed by atoms with Gasteiger partial charge in [0.15, 0.2) is 5.75 Å². The minimum Gasteiger partial charge on any atom is -0.505 e. The summed E-state index contributed by atoms with van der Waals surface area (Å²) in [6.07, 6.45) is 6.71. The minimum absolute atomic E-state index is 0.0551. The zero-order valence-corrected chi connectivity index (χ0v) is 15.6. The number of fused-ring (bicyclic) bond motifs is 3. The van der Waals surface area contributed by atoms with E-state index in [4.69, 9.17) is 0 Å². The molecule has 2 aliphatic rings. The SMILES string of the molecule is CN(c1cnc(-c2ccc3cccnc3c2O)cn1)[C@H]1CC2CCC(N2)[C@H]1F. The molecule has 5 rings (SSSR count). The van der Waals surface area contributed by atoms with Crippen molar-refractivity contribution in [2.75, 3.05) is 11.9 Å². The summed E-state index contributed by atoms with van der Waals surface area (Å²) in [5, 5.41) is 14.8. The number of hydrogen-bond donors (Lipinski definition) is 2. The Hall–Kier alpha value is -2.80. The molecule has 1 aromatic carbocycles. The second kappa shape index (κ2) is 6.67. The normalized spacial score (nSPS) is 26.5. The maximum Gasteiger partial charge on any atom is 0.151 e. The van der Waals surface area contributed by atoms with Gasteiger partial charge in [0.05, 0.1) is 24.1 Å². The largest absolute Gasteiger partial charge is 0.505 e. The van der Waals surface area contributed by atoms with Crippen molar-refractivity contribution >= 4 is 16.7 Å². The molecule has 2 saturated heterocycles. The van der Waals surface area contributed by atoms with Crippen molar-refractivity contribution in [3.63, 3.8) is 0 Å². The van der Waals surface area contributed by atoms with Gasteiger partial charge in [-0.3, -0.25) is 9.97 Å². The van der Waals surface area contributed by atoms with Gasteiger partial charge in [0, 0.05) is 36.3 Å². The number of rotatable bonds is 3. The Bertz CT molecular complexity index is 1010. The van der Waals surface area contributed by atoms with Crippen LogP contribution in [0.1, 0.15) is 19.3 Å². The van der Waals surface area contributed by atoms with Crippen molar-refractivity contribution in [1.29, 1.82) is 0 Å². The predicted molar refractivity (Wildman–Crippen MR) is 106 cm³/mol. The summed E-state index contributed by atoms with van der Waals surface area (Å²) in [7, 11) is 1.88. The molecule has 2 aromatic heterocycles. The van der Waals surface area contributed by atoms with Gasteiger partial charge < -0.3 is 15.3 Å². The lowest BCUT2D eigenvalue weighted by Crippen LogP contribution is -2.55. The summed E-state index contributed by atoms with van der Waals surface area (Å²) in [6, 6.07) is 7.58. The zero-order chi connectivity index (χ0) is 19.3. The molecule has 7 heteroatoms. The fourth-order valence-electron chi connectivity index (χ4n) is 4.50. The van der Waals surface area contributed by atoms with E-state index in [0.717, 1.165) is 24.6 Å². The van der Waals surface area contributed by atoms with Gasteiger partial charge in [-0.25, -0.2) is 9.37 Å². The number of nitrogens with zero attached hydrogens (tertiary/aromatic N) is 4. The van der Waals surface area contributed by atoms with Crippen molar-refractivity contribution in [3.05, 3.63) is 42.9 Å². The first-order valence-electron chi connectivity index (χ1n) is 9.64. The number of phenolic OH excluding ortho intramolecular Hbond substituents is 1. The molecular formula is C21H22FN5O. The van der Waals surface area contributed by atoms with Crippen molar-refractivity contribution in [2.24, 2.45) is 0 Å². The van der Waals surface area contributed by atoms with E-state index in [9.17, 15) is 9.50 Å². The Kier molecular flexibility index (Phi) is 4.12. The van der Waals surface area contributed by atoms with Gasteiger partial charge in [-0.2, -0.15) is 0 Å². The lowest BCUT2D eigenvalue weighted by molar-refractivity contribution is 0.176. The molecule has 2 bridgehead atoms. The standard InChI is InChI=1S/C21H22FN5O/c1-27(17-9-13-5-7-15(26-13)19(17)22)18-11-24-16(10-25-18)14-6-4-12-3-2-8-23-20(12)21(14)28/h2-4,6,8,10-11,13,15,17,19,26,28H,5,7,9H2,1H3/t13?,15?,17-,19+/m0/s1. The second-order valence-corrected chi connectivity index (χ2v) is 7.70. The topological polar surface area (TPSA) is 74.2 Å². The molecule has 28 heavy (non-hydrogen) atoms. The third-order valence-corrected chi connectivity index (χ3v) is 6.07. The summed E-state index contributed by atoms with van der Waals surface area (Å²) in [5.41, 5.74) is 1.68. The van der Waals surface area contributed by atoms with Gasteiger partial charge in [0.1, 0.15) is 17.5 Å². The van der Waals surface area contributed by atoms with E-state index in [1.54, 1.807) is 18.6 Å². The van der Waals surface area contributed by atoms with Crippen LogP contribution in [0.3, 0.4) is 0 Å². The number of anilines is 1. The molecule has 0 aliphatic carbocycles. The van der Waals surface area contributed by atoms with Crippen LogP contribution in [0.15, 0.2) is 42.9 Å².